The molecular formula is C20H29N7O7. The van der Waals surface area contributed by atoms with Gasteiger partial charge in [-0.15, -0.1) is 0 Å². The first kappa shape index (κ1) is 25.3. The lowest BCUT2D eigenvalue weighted by atomic mass is 10.1. The molecule has 3 rings (SSSR count). The quantitative estimate of drug-likeness (QED) is 0.160. The molecule has 0 saturated carbocycles. The van der Waals surface area contributed by atoms with Gasteiger partial charge < -0.3 is 36.3 Å². The summed E-state index contributed by atoms with van der Waals surface area (Å²) in [6.07, 6.45) is 2.24. The first-order valence-corrected chi connectivity index (χ1v) is 10.8. The predicted molar refractivity (Wildman–Crippen MR) is 118 cm³/mol. The molecule has 14 heteroatoms. The van der Waals surface area contributed by atoms with Crippen LogP contribution < -0.4 is 27.6 Å². The van der Waals surface area contributed by atoms with Crippen molar-refractivity contribution >= 4 is 11.8 Å². The molecule has 1 unspecified atom stereocenters. The maximum atomic E-state index is 12.1. The maximum absolute atomic E-state index is 12.1. The zero-order valence-electron chi connectivity index (χ0n) is 18.4. The lowest BCUT2D eigenvalue weighted by Gasteiger charge is -2.15. The molecule has 0 spiro atoms. The number of nitrogens with one attached hydrogen (secondary N) is 4. The Morgan fingerprint density at radius 3 is 2.76 bits per heavy atom. The number of H-pyrrole nitrogens is 2. The Morgan fingerprint density at radius 2 is 2.09 bits per heavy atom. The minimum Gasteiger partial charge on any atom is -0.394 e. The molecule has 1 aliphatic rings. The minimum atomic E-state index is -0.941. The zero-order valence-corrected chi connectivity index (χ0v) is 18.4. The van der Waals surface area contributed by atoms with Crippen LogP contribution in [0.25, 0.3) is 0 Å². The van der Waals surface area contributed by atoms with Gasteiger partial charge in [-0.1, -0.05) is 0 Å². The Kier molecular flexibility index (Phi) is 8.70. The Morgan fingerprint density at radius 1 is 1.32 bits per heavy atom. The van der Waals surface area contributed by atoms with Crippen LogP contribution in [0.4, 0.5) is 0 Å². The second kappa shape index (κ2) is 11.7. The van der Waals surface area contributed by atoms with Crippen molar-refractivity contribution in [2.75, 3.05) is 19.7 Å². The number of carbonyl (C=O) groups excluding carboxylic acids is 2. The standard InChI is InChI=1S/C20H29N7O7/c21-13(5-12-7-22-10-25-12)19(32)24-4-3-23-16(30)2-1-11-8-27(20(33)26-18(11)31)17-6-14(29)15(9-28)34-17/h7-8,10,13-15,17,28-29H,1-6,9,21H2,(H,22,25)(H,23,30)(H,24,32)(H,26,31,33)/t13?,14-,15+,17+/m0/s1. The summed E-state index contributed by atoms with van der Waals surface area (Å²) in [5, 5.41) is 24.3. The predicted octanol–water partition coefficient (Wildman–Crippen LogP) is -3.36. The van der Waals surface area contributed by atoms with Crippen molar-refractivity contribution in [1.82, 2.24) is 30.2 Å². The number of aromatic amines is 2. The number of aromatic nitrogens is 4. The molecule has 34 heavy (non-hydrogen) atoms. The van der Waals surface area contributed by atoms with Gasteiger partial charge in [0.25, 0.3) is 5.56 Å². The van der Waals surface area contributed by atoms with E-state index < -0.39 is 42.3 Å². The molecule has 0 bridgehead atoms. The van der Waals surface area contributed by atoms with E-state index in [2.05, 4.69) is 25.6 Å². The second-order valence-electron chi connectivity index (χ2n) is 7.95. The molecule has 1 aliphatic heterocycles. The number of rotatable bonds is 11. The number of nitrogens with zero attached hydrogens (tertiary/aromatic N) is 2. The summed E-state index contributed by atoms with van der Waals surface area (Å²) in [5.74, 6) is -0.714. The highest BCUT2D eigenvalue weighted by Gasteiger charge is 2.35. The molecule has 2 amide bonds. The molecule has 2 aromatic rings. The van der Waals surface area contributed by atoms with Gasteiger partial charge in [0.05, 0.1) is 30.8 Å². The lowest BCUT2D eigenvalue weighted by molar-refractivity contribution is -0.123. The Bertz CT molecular complexity index is 1080. The van der Waals surface area contributed by atoms with E-state index >= 15 is 0 Å². The number of imidazole rings is 1. The van der Waals surface area contributed by atoms with Gasteiger partial charge in [-0.2, -0.15) is 0 Å². The highest BCUT2D eigenvalue weighted by Crippen LogP contribution is 2.27. The molecule has 4 atom stereocenters. The number of carbonyl (C=O) groups is 2. The van der Waals surface area contributed by atoms with Crippen molar-refractivity contribution in [3.63, 3.8) is 0 Å². The van der Waals surface area contributed by atoms with Crippen molar-refractivity contribution in [3.05, 3.63) is 50.8 Å². The number of nitrogens with two attached hydrogens (primary N) is 1. The van der Waals surface area contributed by atoms with E-state index in [9.17, 15) is 29.4 Å². The third-order valence-corrected chi connectivity index (χ3v) is 5.42. The molecule has 1 fully saturated rings. The number of hydrogen-bond acceptors (Lipinski definition) is 9. The fraction of sp³-hybridized carbons (Fsp3) is 0.550. The van der Waals surface area contributed by atoms with Crippen LogP contribution in [0.3, 0.4) is 0 Å². The molecule has 2 aromatic heterocycles. The van der Waals surface area contributed by atoms with E-state index in [1.54, 1.807) is 6.20 Å². The van der Waals surface area contributed by atoms with Crippen molar-refractivity contribution in [1.29, 1.82) is 0 Å². The molecule has 8 N–H and O–H groups in total. The summed E-state index contributed by atoms with van der Waals surface area (Å²) in [5.41, 5.74) is 5.35. The highest BCUT2D eigenvalue weighted by molar-refractivity contribution is 5.81. The molecule has 14 nitrogen and oxygen atoms in total. The highest BCUT2D eigenvalue weighted by atomic mass is 16.5. The summed E-state index contributed by atoms with van der Waals surface area (Å²) in [4.78, 5) is 57.4. The van der Waals surface area contributed by atoms with Gasteiger partial charge in [-0.25, -0.2) is 9.78 Å². The van der Waals surface area contributed by atoms with E-state index in [1.165, 1.54) is 12.5 Å². The number of amides is 2. The summed E-state index contributed by atoms with van der Waals surface area (Å²) < 4.78 is 6.59. The topological polar surface area (TPSA) is 217 Å². The van der Waals surface area contributed by atoms with Crippen LogP contribution in [-0.2, 0) is 27.2 Å². The normalized spacial score (nSPS) is 20.7. The van der Waals surface area contributed by atoms with Crippen molar-refractivity contribution in [2.24, 2.45) is 5.73 Å². The van der Waals surface area contributed by atoms with Gasteiger partial charge >= 0.3 is 5.69 Å². The summed E-state index contributed by atoms with van der Waals surface area (Å²) >= 11 is 0. The molecule has 0 aromatic carbocycles. The Hall–Kier alpha value is -3.33. The third kappa shape index (κ3) is 6.60. The summed E-state index contributed by atoms with van der Waals surface area (Å²) in [6.45, 7) is -0.0527. The first-order chi connectivity index (χ1) is 16.3. The van der Waals surface area contributed by atoms with E-state index in [0.29, 0.717) is 5.69 Å². The second-order valence-corrected chi connectivity index (χ2v) is 7.95. The van der Waals surface area contributed by atoms with Gasteiger partial charge in [0.15, 0.2) is 0 Å². The van der Waals surface area contributed by atoms with Crippen molar-refractivity contribution < 1.29 is 24.5 Å². The molecule has 1 saturated heterocycles. The smallest absolute Gasteiger partial charge is 0.330 e. The number of aryl methyl sites for hydroxylation is 1. The van der Waals surface area contributed by atoms with Crippen LogP contribution in [0, 0.1) is 0 Å². The van der Waals surface area contributed by atoms with Crippen LogP contribution in [0.1, 0.15) is 30.3 Å². The lowest BCUT2D eigenvalue weighted by Crippen LogP contribution is -2.44. The molecular weight excluding hydrogens is 450 g/mol. The SMILES string of the molecule is NC(Cc1c[nH]cn1)C(=O)NCCNC(=O)CCc1cn([C@H]2C[C@H](O)[C@@H](CO)O2)c(=O)[nH]c1=O. The first-order valence-electron chi connectivity index (χ1n) is 10.8. The van der Waals surface area contributed by atoms with Crippen molar-refractivity contribution in [3.8, 4) is 0 Å². The van der Waals surface area contributed by atoms with E-state index in [1.807, 2.05) is 0 Å². The number of ether oxygens (including phenoxy) is 1. The van der Waals surface area contributed by atoms with Gasteiger partial charge in [-0.3, -0.25) is 23.9 Å². The molecule has 0 aliphatic carbocycles. The van der Waals surface area contributed by atoms with Crippen LogP contribution in [0.15, 0.2) is 28.3 Å². The van der Waals surface area contributed by atoms with Gasteiger partial charge in [-0.05, 0) is 6.42 Å². The Balaban J connectivity index is 1.43. The monoisotopic (exact) mass is 479 g/mol. The van der Waals surface area contributed by atoms with Gasteiger partial charge in [0.2, 0.25) is 11.8 Å². The van der Waals surface area contributed by atoms with Crippen molar-refractivity contribution in [2.45, 2.75) is 50.2 Å². The van der Waals surface area contributed by atoms with E-state index in [4.69, 9.17) is 10.5 Å². The fourth-order valence-corrected chi connectivity index (χ4v) is 3.55. The van der Waals surface area contributed by atoms with Gasteiger partial charge in [0, 0.05) is 50.3 Å². The average molecular weight is 479 g/mol. The van der Waals surface area contributed by atoms with Crippen LogP contribution in [0.5, 0.6) is 0 Å². The van der Waals surface area contributed by atoms with Crippen LogP contribution in [0.2, 0.25) is 0 Å². The minimum absolute atomic E-state index is 0.0265. The van der Waals surface area contributed by atoms with E-state index in [0.717, 1.165) is 4.57 Å². The molecule has 186 valence electrons. The zero-order chi connectivity index (χ0) is 24.7. The fourth-order valence-electron chi connectivity index (χ4n) is 3.55. The van der Waals surface area contributed by atoms with E-state index in [-0.39, 0.29) is 56.2 Å². The third-order valence-electron chi connectivity index (χ3n) is 5.42. The molecule has 3 heterocycles. The number of hydrogen-bond donors (Lipinski definition) is 7. The number of aliphatic hydroxyl groups excluding tert-OH is 2. The van der Waals surface area contributed by atoms with Gasteiger partial charge in [0.1, 0.15) is 12.3 Å². The van der Waals surface area contributed by atoms with Crippen LogP contribution >= 0.6 is 0 Å². The Labute approximate surface area is 193 Å². The largest absolute Gasteiger partial charge is 0.394 e. The van der Waals surface area contributed by atoms with Crippen LogP contribution in [-0.4, -0.2) is 79.5 Å². The average Bonchev–Trinajstić information content (AvgIpc) is 3.45. The molecule has 0 radical (unpaired) electrons. The summed E-state index contributed by atoms with van der Waals surface area (Å²) in [7, 11) is 0. The number of aliphatic hydroxyl groups is 2. The maximum Gasteiger partial charge on any atom is 0.330 e. The summed E-state index contributed by atoms with van der Waals surface area (Å²) in [6, 6.07) is -0.765.